The highest BCUT2D eigenvalue weighted by molar-refractivity contribution is 7.60. The van der Waals surface area contributed by atoms with Gasteiger partial charge in [0.15, 0.2) is 13.6 Å². The fraction of sp³-hybridized carbons (Fsp3) is 0.470. The molecule has 0 aliphatic heterocycles. The summed E-state index contributed by atoms with van der Waals surface area (Å²) in [6, 6.07) is 29.1. The number of nitrogens with one attached hydrogen (secondary N) is 4. The number of benzene rings is 5. The van der Waals surface area contributed by atoms with Crippen molar-refractivity contribution in [1.29, 1.82) is 0 Å². The van der Waals surface area contributed by atoms with Crippen LogP contribution in [0.15, 0.2) is 121 Å². The largest absolute Gasteiger partial charge is 0.508 e. The van der Waals surface area contributed by atoms with Gasteiger partial charge in [-0.15, -0.1) is 0 Å². The summed E-state index contributed by atoms with van der Waals surface area (Å²) in [6.07, 6.45) is 4.13. The Kier molecular flexibility index (Phi) is 41.3. The smallest absolute Gasteiger partial charge is 0.323 e. The predicted octanol–water partition coefficient (Wildman–Crippen LogP) is 9.65. The molecule has 13 N–H and O–H groups in total. The number of nitrogens with two attached hydrogens (primary N) is 1. The van der Waals surface area contributed by atoms with Gasteiger partial charge in [-0.3, -0.25) is 42.8 Å². The van der Waals surface area contributed by atoms with Gasteiger partial charge >= 0.3 is 29.8 Å². The number of carbonyl (C=O) groups excluding carboxylic acids is 5. The van der Waals surface area contributed by atoms with Gasteiger partial charge in [-0.25, -0.2) is 15.3 Å². The molecule has 0 spiro atoms. The molecule has 5 aromatic carbocycles. The number of phenolic OH excluding ortho intramolecular Hbond substituents is 5. The molecule has 0 radical (unpaired) electrons. The standard InChI is InChI=1S/C25H35N2O7P.C14H22NO4P.C13H20NO5P.C12H17NO3.C2H7O2P/c1-4-6-24(30)34-23(17-19-9-13-21(29)14-10-19)27-35(3,32)26-22(25(31)33-15-5-2)16-18-7-11-20(28)12-8-18;1-4-9-19-14(17)13(15-20(2,3)18)10-11-5-7-12(16)8-6-11;1-3-8-19-13(16)12(14-20(2,17)18)9-10-4-6-11(15)7-5-10;1-2-7-16-12(15)11(13)8-9-3-5-10(14)6-4-9;1-5(2,3)4/h7-14,22-23,28-29H,4-6,15-17H2,1-3H3,(H2,26,27,32);5-8,13,16H,4,9-10H2,1-3H3,(H,15,18);4-7,12,15H,3,8-9H2,1-2H3,(H2,14,17,18);3-6,11,14H,2,7-8,13H2,1H3;1-2H3,(H,3,4). The second-order valence-corrected chi connectivity index (χ2v) is 32.9. The van der Waals surface area contributed by atoms with E-state index in [9.17, 15) is 67.6 Å². The molecule has 96 heavy (non-hydrogen) atoms. The predicted molar refractivity (Wildman–Crippen MR) is 371 cm³/mol. The van der Waals surface area contributed by atoms with Gasteiger partial charge in [0.1, 0.15) is 60.2 Å². The lowest BCUT2D eigenvalue weighted by molar-refractivity contribution is -0.150. The van der Waals surface area contributed by atoms with Gasteiger partial charge in [0.05, 0.1) is 26.4 Å². The summed E-state index contributed by atoms with van der Waals surface area (Å²) < 4.78 is 72.5. The normalized spacial score (nSPS) is 13.8. The molecule has 536 valence electrons. The summed E-state index contributed by atoms with van der Waals surface area (Å²) in [7, 11) is -12.2. The minimum Gasteiger partial charge on any atom is -0.508 e. The van der Waals surface area contributed by atoms with Crippen LogP contribution in [0.4, 0.5) is 0 Å². The zero-order valence-electron chi connectivity index (χ0n) is 56.8. The molecule has 7 atom stereocenters. The van der Waals surface area contributed by atoms with Crippen molar-refractivity contribution in [3.8, 4) is 28.7 Å². The molecular weight excluding hydrogens is 1320 g/mol. The first-order valence-electron chi connectivity index (χ1n) is 31.2. The molecule has 0 saturated heterocycles. The highest BCUT2D eigenvalue weighted by atomic mass is 31.2. The van der Waals surface area contributed by atoms with Crippen LogP contribution in [0.25, 0.3) is 0 Å². The molecule has 0 aromatic heterocycles. The van der Waals surface area contributed by atoms with Gasteiger partial charge in [-0.05, 0) is 146 Å². The van der Waals surface area contributed by atoms with Crippen molar-refractivity contribution in [1.82, 2.24) is 20.3 Å². The zero-order valence-corrected chi connectivity index (χ0v) is 60.3. The average Bonchev–Trinajstić information content (AvgIpc) is 0.894. The van der Waals surface area contributed by atoms with Gasteiger partial charge in [-0.1, -0.05) is 95.3 Å². The first-order valence-corrected chi connectivity index (χ1v) is 40.6. The third kappa shape index (κ3) is 43.3. The third-order valence-corrected chi connectivity index (χ3v) is 15.5. The van der Waals surface area contributed by atoms with Crippen LogP contribution in [0.1, 0.15) is 101 Å². The molecule has 0 bridgehead atoms. The first-order chi connectivity index (χ1) is 44.9. The maximum Gasteiger partial charge on any atom is 0.323 e. The number of aromatic hydroxyl groups is 5. The third-order valence-electron chi connectivity index (χ3n) is 12.2. The van der Waals surface area contributed by atoms with Crippen LogP contribution in [-0.4, -0.2) is 162 Å². The van der Waals surface area contributed by atoms with Crippen molar-refractivity contribution in [2.24, 2.45) is 5.73 Å². The SMILES string of the molecule is CCCOC(=O)C(Cc1ccc(O)cc1)NP(C)(=O)NC(Cc1ccc(O)cc1)OC(=O)CCC.CCCOC(=O)C(Cc1ccc(O)cc1)NP(C)(=O)O.CCCOC(=O)C(Cc1ccc(O)cc1)NP(C)(C)=O.CCCOC(=O)C(N)Cc1ccc(O)cc1.CP(C)(=O)O. The van der Waals surface area contributed by atoms with Gasteiger partial charge in [0, 0.05) is 52.8 Å². The summed E-state index contributed by atoms with van der Waals surface area (Å²) in [5.74, 6) is -1.64. The van der Waals surface area contributed by atoms with Crippen molar-refractivity contribution in [3.63, 3.8) is 0 Å². The summed E-state index contributed by atoms with van der Waals surface area (Å²) >= 11 is 0. The van der Waals surface area contributed by atoms with E-state index in [1.165, 1.54) is 56.4 Å². The van der Waals surface area contributed by atoms with E-state index in [2.05, 4.69) is 20.3 Å². The molecule has 30 heteroatoms. The molecule has 0 fully saturated rings. The Morgan fingerprint density at radius 2 is 0.667 bits per heavy atom. The molecule has 5 rings (SSSR count). The van der Waals surface area contributed by atoms with E-state index in [4.69, 9.17) is 39.4 Å². The Labute approximate surface area is 564 Å². The fourth-order valence-electron chi connectivity index (χ4n) is 7.99. The van der Waals surface area contributed by atoms with Crippen LogP contribution in [0, 0.1) is 0 Å². The summed E-state index contributed by atoms with van der Waals surface area (Å²) in [5, 5.41) is 57.6. The number of phenols is 5. The van der Waals surface area contributed by atoms with Crippen LogP contribution < -0.4 is 26.1 Å². The van der Waals surface area contributed by atoms with Crippen LogP contribution in [-0.2, 0) is 98.0 Å². The van der Waals surface area contributed by atoms with Crippen molar-refractivity contribution >= 4 is 59.5 Å². The Morgan fingerprint density at radius 3 is 0.948 bits per heavy atom. The first kappa shape index (κ1) is 87.1. The van der Waals surface area contributed by atoms with E-state index < -0.39 is 83.9 Å². The number of ether oxygens (including phenoxy) is 5. The van der Waals surface area contributed by atoms with E-state index in [1.807, 2.05) is 34.6 Å². The molecule has 0 saturated carbocycles. The van der Waals surface area contributed by atoms with E-state index in [1.54, 1.807) is 98.3 Å². The Morgan fingerprint density at radius 1 is 0.396 bits per heavy atom. The molecule has 0 amide bonds. The van der Waals surface area contributed by atoms with Crippen LogP contribution in [0.2, 0.25) is 0 Å². The minimum absolute atomic E-state index is 0.0978. The minimum atomic E-state index is -3.55. The highest BCUT2D eigenvalue weighted by Crippen LogP contribution is 2.35. The number of rotatable bonds is 33. The molecule has 7 unspecified atom stereocenters. The topological polar surface area (TPSA) is 416 Å². The van der Waals surface area contributed by atoms with E-state index in [0.717, 1.165) is 47.3 Å². The van der Waals surface area contributed by atoms with Crippen molar-refractivity contribution in [2.45, 2.75) is 136 Å². The quantitative estimate of drug-likeness (QED) is 0.00804. The summed E-state index contributed by atoms with van der Waals surface area (Å²) in [4.78, 5) is 77.6. The number of hydrogen-bond acceptors (Lipinski definition) is 20. The number of esters is 5. The van der Waals surface area contributed by atoms with Crippen molar-refractivity contribution < 1.29 is 101 Å². The Bertz CT molecular complexity index is 3180. The van der Waals surface area contributed by atoms with Crippen molar-refractivity contribution in [2.75, 3.05) is 66.4 Å². The van der Waals surface area contributed by atoms with Gasteiger partial charge in [0.2, 0.25) is 7.44 Å². The van der Waals surface area contributed by atoms with Gasteiger partial charge in [0.25, 0.3) is 7.52 Å². The Balaban J connectivity index is 0.000000653. The molecule has 0 heterocycles. The highest BCUT2D eigenvalue weighted by Gasteiger charge is 2.32. The van der Waals surface area contributed by atoms with Gasteiger partial charge in [-0.2, -0.15) is 0 Å². The van der Waals surface area contributed by atoms with Gasteiger partial charge < -0.3 is 69.3 Å². The zero-order chi connectivity index (χ0) is 72.7. The second kappa shape index (κ2) is 45.6. The summed E-state index contributed by atoms with van der Waals surface area (Å²) in [5.41, 5.74) is 9.70. The molecule has 5 aromatic rings. The second-order valence-electron chi connectivity index (χ2n) is 23.0. The molecular formula is C66H101N5O21P4. The molecule has 26 nitrogen and oxygen atoms in total. The number of hydrogen-bond donors (Lipinski definition) is 12. The van der Waals surface area contributed by atoms with Crippen LogP contribution in [0.3, 0.4) is 0 Å². The molecule has 0 aliphatic carbocycles. The lowest BCUT2D eigenvalue weighted by atomic mass is 10.1. The monoisotopic (exact) mass is 1420 g/mol. The average molecular weight is 1420 g/mol. The maximum absolute atomic E-state index is 13.5. The fourth-order valence-corrected chi connectivity index (χ4v) is 11.3. The molecule has 0 aliphatic rings. The summed E-state index contributed by atoms with van der Waals surface area (Å²) in [6.45, 7) is 19.0. The maximum atomic E-state index is 13.5. The number of carbonyl (C=O) groups is 5. The van der Waals surface area contributed by atoms with E-state index in [0.29, 0.717) is 45.3 Å². The Hall–Kier alpha value is -6.91. The lowest BCUT2D eigenvalue weighted by Crippen LogP contribution is -2.43. The van der Waals surface area contributed by atoms with Crippen LogP contribution in [0.5, 0.6) is 28.7 Å². The lowest BCUT2D eigenvalue weighted by Gasteiger charge is -2.27. The van der Waals surface area contributed by atoms with Crippen molar-refractivity contribution in [3.05, 3.63) is 149 Å². The van der Waals surface area contributed by atoms with Crippen LogP contribution >= 0.6 is 29.6 Å². The van der Waals surface area contributed by atoms with E-state index >= 15 is 0 Å². The van der Waals surface area contributed by atoms with E-state index in [-0.39, 0.29) is 73.6 Å².